The number of carbonyl (C=O) groups excluding carboxylic acids is 1. The predicted molar refractivity (Wildman–Crippen MR) is 110 cm³/mol. The zero-order valence-electron chi connectivity index (χ0n) is 16.0. The van der Waals surface area contributed by atoms with Crippen LogP contribution in [0.15, 0.2) is 60.7 Å². The highest BCUT2D eigenvalue weighted by molar-refractivity contribution is 5.96. The molecule has 0 bridgehead atoms. The SMILES string of the molecule is CC(=N)c1ccc(CNC(=O)c2cc(C)n(Cc3ccccc3)c2C)cc1. The summed E-state index contributed by atoms with van der Waals surface area (Å²) in [7, 11) is 0. The van der Waals surface area contributed by atoms with Gasteiger partial charge in [-0.05, 0) is 43.5 Å². The first kappa shape index (κ1) is 18.6. The van der Waals surface area contributed by atoms with Gasteiger partial charge in [0.1, 0.15) is 0 Å². The molecule has 0 saturated heterocycles. The first-order valence-corrected chi connectivity index (χ1v) is 9.09. The quantitative estimate of drug-likeness (QED) is 0.627. The van der Waals surface area contributed by atoms with Crippen LogP contribution in [0.4, 0.5) is 0 Å². The number of rotatable bonds is 6. The Labute approximate surface area is 160 Å². The number of carbonyl (C=O) groups is 1. The lowest BCUT2D eigenvalue weighted by molar-refractivity contribution is 0.0950. The molecule has 1 heterocycles. The lowest BCUT2D eigenvalue weighted by atomic mass is 10.1. The summed E-state index contributed by atoms with van der Waals surface area (Å²) in [5, 5.41) is 10.6. The maximum Gasteiger partial charge on any atom is 0.253 e. The molecule has 2 aromatic carbocycles. The molecule has 27 heavy (non-hydrogen) atoms. The molecular weight excluding hydrogens is 334 g/mol. The van der Waals surface area contributed by atoms with E-state index in [2.05, 4.69) is 22.0 Å². The van der Waals surface area contributed by atoms with E-state index in [9.17, 15) is 4.79 Å². The molecule has 0 spiro atoms. The smallest absolute Gasteiger partial charge is 0.253 e. The van der Waals surface area contributed by atoms with Crippen molar-refractivity contribution in [1.29, 1.82) is 5.41 Å². The summed E-state index contributed by atoms with van der Waals surface area (Å²) >= 11 is 0. The Morgan fingerprint density at radius 2 is 1.67 bits per heavy atom. The second-order valence-corrected chi connectivity index (χ2v) is 6.86. The maximum atomic E-state index is 12.7. The lowest BCUT2D eigenvalue weighted by Gasteiger charge is -2.10. The van der Waals surface area contributed by atoms with Gasteiger partial charge in [-0.1, -0.05) is 54.6 Å². The van der Waals surface area contributed by atoms with Crippen LogP contribution in [0.25, 0.3) is 0 Å². The second kappa shape index (κ2) is 8.04. The average Bonchev–Trinajstić information content (AvgIpc) is 2.95. The molecule has 0 fully saturated rings. The minimum Gasteiger partial charge on any atom is -0.348 e. The number of amides is 1. The van der Waals surface area contributed by atoms with Gasteiger partial charge in [-0.2, -0.15) is 0 Å². The van der Waals surface area contributed by atoms with Crippen molar-refractivity contribution < 1.29 is 4.79 Å². The van der Waals surface area contributed by atoms with E-state index in [4.69, 9.17) is 5.41 Å². The standard InChI is InChI=1S/C23H25N3O/c1-16-13-22(18(3)26(16)15-20-7-5-4-6-8-20)23(27)25-14-19-9-11-21(12-10-19)17(2)24/h4-13,24H,14-15H2,1-3H3,(H,25,27). The Bertz CT molecular complexity index is 953. The van der Waals surface area contributed by atoms with Crippen LogP contribution in [-0.4, -0.2) is 16.2 Å². The molecule has 0 aliphatic rings. The molecule has 0 aliphatic carbocycles. The van der Waals surface area contributed by atoms with Crippen LogP contribution in [-0.2, 0) is 13.1 Å². The van der Waals surface area contributed by atoms with E-state index in [0.717, 1.165) is 34.6 Å². The third kappa shape index (κ3) is 4.34. The number of aromatic nitrogens is 1. The van der Waals surface area contributed by atoms with Crippen molar-refractivity contribution in [1.82, 2.24) is 9.88 Å². The zero-order valence-corrected chi connectivity index (χ0v) is 16.0. The van der Waals surface area contributed by atoms with Crippen LogP contribution in [0.5, 0.6) is 0 Å². The van der Waals surface area contributed by atoms with Gasteiger partial charge in [0.15, 0.2) is 0 Å². The monoisotopic (exact) mass is 359 g/mol. The highest BCUT2D eigenvalue weighted by atomic mass is 16.1. The molecule has 4 nitrogen and oxygen atoms in total. The summed E-state index contributed by atoms with van der Waals surface area (Å²) in [5.74, 6) is -0.0604. The summed E-state index contributed by atoms with van der Waals surface area (Å²) in [6.45, 7) is 7.02. The van der Waals surface area contributed by atoms with Crippen molar-refractivity contribution in [2.45, 2.75) is 33.9 Å². The van der Waals surface area contributed by atoms with E-state index >= 15 is 0 Å². The number of nitrogens with zero attached hydrogens (tertiary/aromatic N) is 1. The van der Waals surface area contributed by atoms with Crippen molar-refractivity contribution in [3.05, 3.63) is 94.3 Å². The Morgan fingerprint density at radius 1 is 1.00 bits per heavy atom. The third-order valence-electron chi connectivity index (χ3n) is 4.84. The molecule has 138 valence electrons. The molecule has 3 rings (SSSR count). The Morgan fingerprint density at radius 3 is 2.30 bits per heavy atom. The number of aryl methyl sites for hydroxylation is 1. The van der Waals surface area contributed by atoms with Gasteiger partial charge in [0.2, 0.25) is 0 Å². The second-order valence-electron chi connectivity index (χ2n) is 6.86. The van der Waals surface area contributed by atoms with E-state index in [1.165, 1.54) is 5.56 Å². The zero-order chi connectivity index (χ0) is 19.4. The number of hydrogen-bond donors (Lipinski definition) is 2. The highest BCUT2D eigenvalue weighted by Gasteiger charge is 2.15. The third-order valence-corrected chi connectivity index (χ3v) is 4.84. The number of nitrogens with one attached hydrogen (secondary N) is 2. The van der Waals surface area contributed by atoms with Gasteiger partial charge in [0.25, 0.3) is 5.91 Å². The van der Waals surface area contributed by atoms with Gasteiger partial charge >= 0.3 is 0 Å². The van der Waals surface area contributed by atoms with E-state index in [1.807, 2.05) is 62.4 Å². The number of benzene rings is 2. The van der Waals surface area contributed by atoms with Gasteiger partial charge in [-0.15, -0.1) is 0 Å². The van der Waals surface area contributed by atoms with Gasteiger partial charge in [0, 0.05) is 30.2 Å². The molecule has 0 atom stereocenters. The normalized spacial score (nSPS) is 10.6. The fraction of sp³-hybridized carbons (Fsp3) is 0.217. The van der Waals surface area contributed by atoms with Crippen molar-refractivity contribution in [2.24, 2.45) is 0 Å². The summed E-state index contributed by atoms with van der Waals surface area (Å²) < 4.78 is 2.17. The van der Waals surface area contributed by atoms with Crippen LogP contribution in [0.1, 0.15) is 45.4 Å². The minimum absolute atomic E-state index is 0.0604. The summed E-state index contributed by atoms with van der Waals surface area (Å²) in [4.78, 5) is 12.7. The Hall–Kier alpha value is -3.14. The molecule has 4 heteroatoms. The first-order valence-electron chi connectivity index (χ1n) is 9.09. The molecule has 1 aromatic heterocycles. The van der Waals surface area contributed by atoms with Crippen molar-refractivity contribution in [3.8, 4) is 0 Å². The van der Waals surface area contributed by atoms with Gasteiger partial charge in [-0.25, -0.2) is 0 Å². The topological polar surface area (TPSA) is 57.9 Å². The van der Waals surface area contributed by atoms with Crippen LogP contribution in [0.2, 0.25) is 0 Å². The molecule has 1 amide bonds. The van der Waals surface area contributed by atoms with Gasteiger partial charge in [-0.3, -0.25) is 4.79 Å². The molecule has 0 saturated carbocycles. The molecule has 0 radical (unpaired) electrons. The highest BCUT2D eigenvalue weighted by Crippen LogP contribution is 2.17. The van der Waals surface area contributed by atoms with Crippen molar-refractivity contribution in [3.63, 3.8) is 0 Å². The fourth-order valence-electron chi connectivity index (χ4n) is 3.19. The van der Waals surface area contributed by atoms with E-state index in [-0.39, 0.29) is 5.91 Å². The first-order chi connectivity index (χ1) is 13.0. The predicted octanol–water partition coefficient (Wildman–Crippen LogP) is 4.47. The van der Waals surface area contributed by atoms with Gasteiger partial charge in [0.05, 0.1) is 5.56 Å². The van der Waals surface area contributed by atoms with Gasteiger partial charge < -0.3 is 15.3 Å². The fourth-order valence-corrected chi connectivity index (χ4v) is 3.19. The largest absolute Gasteiger partial charge is 0.348 e. The van der Waals surface area contributed by atoms with Crippen LogP contribution >= 0.6 is 0 Å². The van der Waals surface area contributed by atoms with E-state index in [1.54, 1.807) is 6.92 Å². The van der Waals surface area contributed by atoms with E-state index in [0.29, 0.717) is 12.3 Å². The molecule has 0 unspecified atom stereocenters. The van der Waals surface area contributed by atoms with E-state index < -0.39 is 0 Å². The van der Waals surface area contributed by atoms with Crippen molar-refractivity contribution in [2.75, 3.05) is 0 Å². The lowest BCUT2D eigenvalue weighted by Crippen LogP contribution is -2.23. The summed E-state index contributed by atoms with van der Waals surface area (Å²) in [6.07, 6.45) is 0. The summed E-state index contributed by atoms with van der Waals surface area (Å²) in [5.41, 5.74) is 6.44. The van der Waals surface area contributed by atoms with Crippen LogP contribution in [0.3, 0.4) is 0 Å². The molecular formula is C23H25N3O. The minimum atomic E-state index is -0.0604. The number of hydrogen-bond acceptors (Lipinski definition) is 2. The van der Waals surface area contributed by atoms with Crippen LogP contribution < -0.4 is 5.32 Å². The maximum absolute atomic E-state index is 12.7. The van der Waals surface area contributed by atoms with Crippen molar-refractivity contribution >= 4 is 11.6 Å². The molecule has 2 N–H and O–H groups in total. The molecule has 0 aliphatic heterocycles. The Balaban J connectivity index is 1.70. The van der Waals surface area contributed by atoms with Crippen LogP contribution in [0, 0.1) is 19.3 Å². The Kier molecular flexibility index (Phi) is 5.55. The molecule has 3 aromatic rings. The average molecular weight is 359 g/mol. The summed E-state index contributed by atoms with van der Waals surface area (Å²) in [6, 6.07) is 19.9.